The summed E-state index contributed by atoms with van der Waals surface area (Å²) in [5.74, 6) is 0.695. The van der Waals surface area contributed by atoms with Crippen molar-refractivity contribution in [2.75, 3.05) is 0 Å². The third-order valence-corrected chi connectivity index (χ3v) is 1.16. The lowest BCUT2D eigenvalue weighted by Crippen LogP contribution is -1.83. The van der Waals surface area contributed by atoms with Gasteiger partial charge in [0.15, 0.2) is 0 Å². The predicted octanol–water partition coefficient (Wildman–Crippen LogP) is 1.46. The van der Waals surface area contributed by atoms with Gasteiger partial charge in [0.1, 0.15) is 0 Å². The van der Waals surface area contributed by atoms with Crippen molar-refractivity contribution in [1.82, 2.24) is 0 Å². The van der Waals surface area contributed by atoms with Gasteiger partial charge in [0.25, 0.3) is 0 Å². The number of benzene rings is 1. The number of hydrogen-bond acceptors (Lipinski definition) is 1. The van der Waals surface area contributed by atoms with E-state index in [1.54, 1.807) is 0 Å². The van der Waals surface area contributed by atoms with Crippen LogP contribution in [0.25, 0.3) is 0 Å². The maximum atomic E-state index is 4.90. The molecule has 0 aliphatic rings. The van der Waals surface area contributed by atoms with Gasteiger partial charge in [-0.2, -0.15) is 0 Å². The lowest BCUT2D eigenvalue weighted by atomic mass is 10.2. The van der Waals surface area contributed by atoms with Crippen LogP contribution < -0.4 is 4.65 Å². The molecule has 0 bridgehead atoms. The van der Waals surface area contributed by atoms with Gasteiger partial charge >= 0.3 is 8.05 Å². The van der Waals surface area contributed by atoms with E-state index in [9.17, 15) is 0 Å². The first-order chi connectivity index (χ1) is 4.33. The minimum absolute atomic E-state index is 0.695. The van der Waals surface area contributed by atoms with Crippen molar-refractivity contribution in [1.29, 1.82) is 0 Å². The maximum Gasteiger partial charge on any atom is 0.374 e. The summed E-state index contributed by atoms with van der Waals surface area (Å²) < 4.78 is 4.47. The molecule has 0 amide bonds. The molecule has 9 heavy (non-hydrogen) atoms. The summed E-state index contributed by atoms with van der Waals surface area (Å²) in [6.45, 7) is 2.01. The summed E-state index contributed by atoms with van der Waals surface area (Å²) in [6, 6.07) is 7.55. The Balaban J connectivity index is 2.88. The first kappa shape index (κ1) is 6.21. The summed E-state index contributed by atoms with van der Waals surface area (Å²) >= 11 is 0. The second-order valence-electron chi connectivity index (χ2n) is 1.93. The number of rotatable bonds is 1. The highest BCUT2D eigenvalue weighted by Gasteiger charge is 1.85. The standard InChI is InChI=1S/C7H7BO/c1-6-2-4-7(9-8)5-3-6/h2-5H,1H3. The summed E-state index contributed by atoms with van der Waals surface area (Å²) in [7, 11) is 4.90. The van der Waals surface area contributed by atoms with Crippen molar-refractivity contribution in [3.8, 4) is 5.75 Å². The van der Waals surface area contributed by atoms with Crippen molar-refractivity contribution in [2.45, 2.75) is 6.92 Å². The van der Waals surface area contributed by atoms with Gasteiger partial charge in [-0.3, -0.25) is 0 Å². The van der Waals surface area contributed by atoms with E-state index in [2.05, 4.69) is 4.65 Å². The van der Waals surface area contributed by atoms with Crippen LogP contribution in [0.5, 0.6) is 5.75 Å². The van der Waals surface area contributed by atoms with E-state index in [1.165, 1.54) is 5.56 Å². The fourth-order valence-corrected chi connectivity index (χ4v) is 0.617. The van der Waals surface area contributed by atoms with Gasteiger partial charge in [-0.15, -0.1) is 0 Å². The molecule has 1 nitrogen and oxygen atoms in total. The Morgan fingerprint density at radius 1 is 1.22 bits per heavy atom. The van der Waals surface area contributed by atoms with E-state index in [0.717, 1.165) is 0 Å². The first-order valence-electron chi connectivity index (χ1n) is 2.76. The highest BCUT2D eigenvalue weighted by molar-refractivity contribution is 5.99. The van der Waals surface area contributed by atoms with Crippen LogP contribution in [0.1, 0.15) is 5.56 Å². The Bertz CT molecular complexity index is 181. The lowest BCUT2D eigenvalue weighted by Gasteiger charge is -1.97. The van der Waals surface area contributed by atoms with Crippen molar-refractivity contribution >= 4 is 8.05 Å². The Morgan fingerprint density at radius 3 is 2.22 bits per heavy atom. The van der Waals surface area contributed by atoms with Crippen LogP contribution in [0.3, 0.4) is 0 Å². The van der Waals surface area contributed by atoms with Gasteiger partial charge < -0.3 is 4.65 Å². The quantitative estimate of drug-likeness (QED) is 0.507. The number of aryl methyl sites for hydroxylation is 1. The summed E-state index contributed by atoms with van der Waals surface area (Å²) in [6.07, 6.45) is 0. The van der Waals surface area contributed by atoms with E-state index >= 15 is 0 Å². The van der Waals surface area contributed by atoms with Crippen molar-refractivity contribution in [2.24, 2.45) is 0 Å². The Hall–Kier alpha value is -0.915. The van der Waals surface area contributed by atoms with Gasteiger partial charge in [0.2, 0.25) is 0 Å². The van der Waals surface area contributed by atoms with Crippen molar-refractivity contribution in [3.63, 3.8) is 0 Å². The third-order valence-electron chi connectivity index (χ3n) is 1.16. The second kappa shape index (κ2) is 2.58. The molecule has 1 aromatic carbocycles. The zero-order valence-corrected chi connectivity index (χ0v) is 5.29. The topological polar surface area (TPSA) is 9.23 Å². The molecular formula is C7H7BO. The number of hydrogen-bond donors (Lipinski definition) is 0. The molecule has 0 N–H and O–H groups in total. The smallest absolute Gasteiger partial charge is 0.374 e. The Morgan fingerprint density at radius 2 is 1.78 bits per heavy atom. The van der Waals surface area contributed by atoms with E-state index in [1.807, 2.05) is 31.2 Å². The van der Waals surface area contributed by atoms with Crippen LogP contribution in [0, 0.1) is 6.92 Å². The van der Waals surface area contributed by atoms with Crippen molar-refractivity contribution < 1.29 is 4.65 Å². The molecule has 1 aromatic rings. The van der Waals surface area contributed by atoms with E-state index in [-0.39, 0.29) is 0 Å². The van der Waals surface area contributed by atoms with Crippen LogP contribution in [0.2, 0.25) is 0 Å². The Labute approximate surface area is 56.1 Å². The SMILES string of the molecule is [B]Oc1ccc(C)cc1. The first-order valence-corrected chi connectivity index (χ1v) is 2.76. The fraction of sp³-hybridized carbons (Fsp3) is 0.143. The molecule has 0 heterocycles. The largest absolute Gasteiger partial charge is 0.568 e. The van der Waals surface area contributed by atoms with Crippen LogP contribution in [-0.4, -0.2) is 8.05 Å². The Kier molecular flexibility index (Phi) is 1.78. The van der Waals surface area contributed by atoms with Gasteiger partial charge in [0.05, 0.1) is 5.75 Å². The molecular weight excluding hydrogens is 111 g/mol. The minimum atomic E-state index is 0.695. The van der Waals surface area contributed by atoms with Gasteiger partial charge in [-0.05, 0) is 19.1 Å². The van der Waals surface area contributed by atoms with Gasteiger partial charge in [-0.1, -0.05) is 17.7 Å². The molecule has 44 valence electrons. The molecule has 2 heteroatoms. The molecule has 0 fully saturated rings. The van der Waals surface area contributed by atoms with Crippen LogP contribution in [0.15, 0.2) is 24.3 Å². The highest BCUT2D eigenvalue weighted by atomic mass is 16.4. The van der Waals surface area contributed by atoms with Gasteiger partial charge in [0, 0.05) is 0 Å². The summed E-state index contributed by atoms with van der Waals surface area (Å²) in [5, 5.41) is 0. The van der Waals surface area contributed by atoms with Crippen LogP contribution >= 0.6 is 0 Å². The molecule has 0 saturated carbocycles. The van der Waals surface area contributed by atoms with Crippen LogP contribution in [0.4, 0.5) is 0 Å². The molecule has 0 saturated heterocycles. The molecule has 0 aromatic heterocycles. The molecule has 0 spiro atoms. The molecule has 0 unspecified atom stereocenters. The predicted molar refractivity (Wildman–Crippen MR) is 37.6 cm³/mol. The fourth-order valence-electron chi connectivity index (χ4n) is 0.617. The summed E-state index contributed by atoms with van der Waals surface area (Å²) in [5.41, 5.74) is 1.20. The van der Waals surface area contributed by atoms with E-state index in [4.69, 9.17) is 8.05 Å². The average Bonchev–Trinajstić information content (AvgIpc) is 1.90. The minimum Gasteiger partial charge on any atom is -0.568 e. The third kappa shape index (κ3) is 1.49. The second-order valence-corrected chi connectivity index (χ2v) is 1.93. The van der Waals surface area contributed by atoms with E-state index in [0.29, 0.717) is 5.75 Å². The van der Waals surface area contributed by atoms with E-state index < -0.39 is 0 Å². The molecule has 0 aliphatic carbocycles. The summed E-state index contributed by atoms with van der Waals surface area (Å²) in [4.78, 5) is 0. The van der Waals surface area contributed by atoms with Crippen LogP contribution in [-0.2, 0) is 0 Å². The highest BCUT2D eigenvalue weighted by Crippen LogP contribution is 2.09. The zero-order valence-electron chi connectivity index (χ0n) is 5.29. The molecule has 0 aliphatic heterocycles. The average molecular weight is 118 g/mol. The monoisotopic (exact) mass is 118 g/mol. The zero-order chi connectivity index (χ0) is 6.69. The molecule has 1 rings (SSSR count). The maximum absolute atomic E-state index is 4.90. The van der Waals surface area contributed by atoms with Gasteiger partial charge in [-0.25, -0.2) is 0 Å². The molecule has 0 atom stereocenters. The normalized spacial score (nSPS) is 9.00. The lowest BCUT2D eigenvalue weighted by molar-refractivity contribution is 0.616. The molecule has 2 radical (unpaired) electrons. The van der Waals surface area contributed by atoms with Crippen molar-refractivity contribution in [3.05, 3.63) is 29.8 Å².